The molecule has 0 N–H and O–H groups in total. The Labute approximate surface area is 188 Å². The fraction of sp³-hybridized carbons (Fsp3) is 0.290. The molecule has 0 unspecified atom stereocenters. The van der Waals surface area contributed by atoms with Crippen LogP contribution >= 0.6 is 0 Å². The normalized spacial score (nSPS) is 10.0. The van der Waals surface area contributed by atoms with E-state index in [-0.39, 0.29) is 0 Å². The molecule has 156 valence electrons. The van der Waals surface area contributed by atoms with E-state index in [0.29, 0.717) is 0 Å². The molecule has 0 radical (unpaired) electrons. The van der Waals surface area contributed by atoms with Crippen LogP contribution < -0.4 is 0 Å². The van der Waals surface area contributed by atoms with E-state index in [4.69, 9.17) is 0 Å². The minimum atomic E-state index is 0.876. The topological polar surface area (TPSA) is 0 Å². The molecule has 0 bridgehead atoms. The highest BCUT2D eigenvalue weighted by Gasteiger charge is 1.99. The van der Waals surface area contributed by atoms with Crippen LogP contribution in [0.1, 0.15) is 74.6 Å². The number of hydrogen-bond donors (Lipinski definition) is 0. The van der Waals surface area contributed by atoms with Crippen molar-refractivity contribution < 1.29 is 0 Å². The van der Waals surface area contributed by atoms with Crippen molar-refractivity contribution in [3.8, 4) is 34.8 Å². The number of hydrogen-bond acceptors (Lipinski definition) is 0. The zero-order chi connectivity index (χ0) is 21.7. The maximum Gasteiger partial charge on any atom is 0.0249 e. The minimum absolute atomic E-state index is 0.876. The van der Waals surface area contributed by atoms with Gasteiger partial charge in [0.2, 0.25) is 0 Å². The fourth-order valence-corrected chi connectivity index (χ4v) is 3.51. The lowest BCUT2D eigenvalue weighted by Crippen LogP contribution is -1.87. The van der Waals surface area contributed by atoms with Gasteiger partial charge in [0.15, 0.2) is 0 Å². The maximum absolute atomic E-state index is 3.26. The lowest BCUT2D eigenvalue weighted by Gasteiger charge is -2.05. The molecule has 0 spiro atoms. The molecule has 0 aromatic heterocycles. The third-order valence-electron chi connectivity index (χ3n) is 5.39. The largest absolute Gasteiger partial charge is 0.0982 e. The molecule has 0 saturated carbocycles. The fourth-order valence-electron chi connectivity index (χ4n) is 3.51. The van der Waals surface area contributed by atoms with Gasteiger partial charge in [-0.1, -0.05) is 99.6 Å². The molecule has 0 aliphatic rings. The van der Waals surface area contributed by atoms with Gasteiger partial charge < -0.3 is 0 Å². The molecule has 0 heterocycles. The van der Waals surface area contributed by atoms with Crippen molar-refractivity contribution in [2.75, 3.05) is 0 Å². The van der Waals surface area contributed by atoms with Crippen LogP contribution in [0.2, 0.25) is 0 Å². The van der Waals surface area contributed by atoms with Gasteiger partial charge in [0, 0.05) is 23.1 Å². The maximum atomic E-state index is 3.26. The summed E-state index contributed by atoms with van der Waals surface area (Å²) in [5.74, 6) is 12.7. The highest BCUT2D eigenvalue weighted by atomic mass is 14.0. The van der Waals surface area contributed by atoms with Gasteiger partial charge in [-0.3, -0.25) is 0 Å². The van der Waals surface area contributed by atoms with E-state index in [1.54, 1.807) is 0 Å². The molecule has 0 aliphatic carbocycles. The number of unbranched alkanes of at least 4 members (excludes halogenated alkanes) is 4. The summed E-state index contributed by atoms with van der Waals surface area (Å²) in [6, 6.07) is 25.7. The summed E-state index contributed by atoms with van der Waals surface area (Å²) >= 11 is 0. The first kappa shape index (κ1) is 22.5. The van der Waals surface area contributed by atoms with Crippen LogP contribution in [-0.2, 0) is 6.42 Å². The van der Waals surface area contributed by atoms with Gasteiger partial charge in [0.25, 0.3) is 0 Å². The number of rotatable bonds is 7. The Bertz CT molecular complexity index is 1040. The molecule has 3 aromatic rings. The molecular weight excluding hydrogens is 372 g/mol. The summed E-state index contributed by atoms with van der Waals surface area (Å²) in [6.45, 7) is 4.32. The summed E-state index contributed by atoms with van der Waals surface area (Å²) in [5, 5.41) is 0. The van der Waals surface area contributed by atoms with Crippen LogP contribution in [0.15, 0.2) is 72.8 Å². The van der Waals surface area contributed by atoms with Crippen LogP contribution in [0.25, 0.3) is 11.1 Å². The Morgan fingerprint density at radius 2 is 1.00 bits per heavy atom. The van der Waals surface area contributed by atoms with Gasteiger partial charge in [-0.25, -0.2) is 0 Å². The molecule has 3 aromatic carbocycles. The molecule has 0 saturated heterocycles. The van der Waals surface area contributed by atoms with Crippen molar-refractivity contribution >= 4 is 0 Å². The highest BCUT2D eigenvalue weighted by Crippen LogP contribution is 2.21. The third kappa shape index (κ3) is 7.51. The molecule has 0 aliphatic heterocycles. The Hall–Kier alpha value is -3.22. The van der Waals surface area contributed by atoms with Gasteiger partial charge in [0.1, 0.15) is 0 Å². The zero-order valence-corrected chi connectivity index (χ0v) is 18.9. The van der Waals surface area contributed by atoms with Crippen molar-refractivity contribution in [1.29, 1.82) is 0 Å². The van der Waals surface area contributed by atoms with Crippen LogP contribution in [-0.4, -0.2) is 0 Å². The van der Waals surface area contributed by atoms with Crippen molar-refractivity contribution in [3.05, 3.63) is 95.1 Å². The predicted molar refractivity (Wildman–Crippen MR) is 134 cm³/mol. The average Bonchev–Trinajstić information content (AvgIpc) is 2.83. The monoisotopic (exact) mass is 404 g/mol. The first-order valence-electron chi connectivity index (χ1n) is 11.6. The van der Waals surface area contributed by atoms with E-state index in [1.165, 1.54) is 55.2 Å². The Balaban J connectivity index is 1.57. The predicted octanol–water partition coefficient (Wildman–Crippen LogP) is 8.03. The summed E-state index contributed by atoms with van der Waals surface area (Å²) in [7, 11) is 0. The zero-order valence-electron chi connectivity index (χ0n) is 18.9. The molecule has 0 nitrogen and oxygen atoms in total. The van der Waals surface area contributed by atoms with Gasteiger partial charge in [-0.05, 0) is 65.9 Å². The highest BCUT2D eigenvalue weighted by molar-refractivity contribution is 5.64. The molecule has 0 fully saturated rings. The first-order chi connectivity index (χ1) is 15.3. The van der Waals surface area contributed by atoms with Crippen LogP contribution in [0.3, 0.4) is 0 Å². The summed E-state index contributed by atoms with van der Waals surface area (Å²) in [6.07, 6.45) is 8.73. The van der Waals surface area contributed by atoms with E-state index in [9.17, 15) is 0 Å². The van der Waals surface area contributed by atoms with E-state index in [2.05, 4.69) is 86.1 Å². The second kappa shape index (κ2) is 12.5. The molecule has 31 heavy (non-hydrogen) atoms. The smallest absolute Gasteiger partial charge is 0.0249 e. The number of aryl methyl sites for hydroxylation is 1. The van der Waals surface area contributed by atoms with Crippen molar-refractivity contribution in [2.45, 2.75) is 58.8 Å². The van der Waals surface area contributed by atoms with Crippen LogP contribution in [0.5, 0.6) is 0 Å². The molecule has 0 heteroatoms. The number of benzene rings is 3. The second-order valence-electron chi connectivity index (χ2n) is 7.92. The SMILES string of the molecule is CCC#Cc1ccc(C#Cc2ccc(-c3ccc(CCCCCCC)cc3)cc2)cc1. The van der Waals surface area contributed by atoms with E-state index in [0.717, 1.165) is 23.1 Å². The summed E-state index contributed by atoms with van der Waals surface area (Å²) < 4.78 is 0. The third-order valence-corrected chi connectivity index (χ3v) is 5.39. The van der Waals surface area contributed by atoms with Gasteiger partial charge >= 0.3 is 0 Å². The second-order valence-corrected chi connectivity index (χ2v) is 7.92. The Kier molecular flexibility index (Phi) is 9.04. The van der Waals surface area contributed by atoms with E-state index >= 15 is 0 Å². The first-order valence-corrected chi connectivity index (χ1v) is 11.6. The standard InChI is InChI=1S/C31H32/c1-3-5-7-8-9-11-27-18-22-30(23-19-27)31-24-20-29(21-25-31)17-16-28-14-12-26(13-15-28)10-6-4-2/h12-15,18-25H,3-5,7-9,11H2,1-2H3. The average molecular weight is 405 g/mol. The van der Waals surface area contributed by atoms with Crippen LogP contribution in [0, 0.1) is 23.7 Å². The quantitative estimate of drug-likeness (QED) is 0.276. The van der Waals surface area contributed by atoms with Crippen molar-refractivity contribution in [2.24, 2.45) is 0 Å². The van der Waals surface area contributed by atoms with Crippen molar-refractivity contribution in [1.82, 2.24) is 0 Å². The van der Waals surface area contributed by atoms with E-state index < -0.39 is 0 Å². The van der Waals surface area contributed by atoms with E-state index in [1.807, 2.05) is 24.3 Å². The molecule has 0 atom stereocenters. The van der Waals surface area contributed by atoms with Gasteiger partial charge in [-0.15, -0.1) is 0 Å². The summed E-state index contributed by atoms with van der Waals surface area (Å²) in [5.41, 5.74) is 7.02. The van der Waals surface area contributed by atoms with Crippen LogP contribution in [0.4, 0.5) is 0 Å². The van der Waals surface area contributed by atoms with Crippen molar-refractivity contribution in [3.63, 3.8) is 0 Å². The molecule has 3 rings (SSSR count). The summed E-state index contributed by atoms with van der Waals surface area (Å²) in [4.78, 5) is 0. The van der Waals surface area contributed by atoms with Gasteiger partial charge in [0.05, 0.1) is 0 Å². The molecule has 0 amide bonds. The lowest BCUT2D eigenvalue weighted by atomic mass is 10.00. The Morgan fingerprint density at radius 1 is 0.516 bits per heavy atom. The minimum Gasteiger partial charge on any atom is -0.0982 e. The molecular formula is C31H32. The Morgan fingerprint density at radius 3 is 1.55 bits per heavy atom. The van der Waals surface area contributed by atoms with Gasteiger partial charge in [-0.2, -0.15) is 0 Å². The lowest BCUT2D eigenvalue weighted by molar-refractivity contribution is 0.632.